The van der Waals surface area contributed by atoms with Crippen LogP contribution in [-0.2, 0) is 11.3 Å². The fourth-order valence-electron chi connectivity index (χ4n) is 4.31. The largest absolute Gasteiger partial charge is 0.310 e. The maximum atomic E-state index is 13.7. The zero-order valence-electron chi connectivity index (χ0n) is 19.4. The zero-order valence-corrected chi connectivity index (χ0v) is 19.4. The average molecular weight is 443 g/mol. The van der Waals surface area contributed by atoms with Gasteiger partial charge < -0.3 is 9.88 Å². The molecule has 0 aliphatic heterocycles. The summed E-state index contributed by atoms with van der Waals surface area (Å²) in [6.45, 7) is 8.97. The Labute approximate surface area is 193 Å². The highest BCUT2D eigenvalue weighted by Crippen LogP contribution is 2.33. The van der Waals surface area contributed by atoms with Crippen LogP contribution in [0.2, 0.25) is 0 Å². The number of rotatable bonds is 8. The van der Waals surface area contributed by atoms with Crippen LogP contribution in [0.1, 0.15) is 56.7 Å². The summed E-state index contributed by atoms with van der Waals surface area (Å²) >= 11 is 0. The third-order valence-corrected chi connectivity index (χ3v) is 6.63. The minimum Gasteiger partial charge on any atom is -0.310 e. The van der Waals surface area contributed by atoms with E-state index in [2.05, 4.69) is 28.8 Å². The number of anilines is 1. The van der Waals surface area contributed by atoms with Gasteiger partial charge in [0.15, 0.2) is 0 Å². The lowest BCUT2D eigenvalue weighted by molar-refractivity contribution is -0.117. The van der Waals surface area contributed by atoms with Gasteiger partial charge in [0.05, 0.1) is 11.2 Å². The second-order valence-electron chi connectivity index (χ2n) is 9.55. The van der Waals surface area contributed by atoms with Gasteiger partial charge in [-0.1, -0.05) is 19.9 Å². The van der Waals surface area contributed by atoms with E-state index in [0.717, 1.165) is 71.8 Å². The van der Waals surface area contributed by atoms with Crippen LogP contribution >= 0.6 is 0 Å². The molecule has 5 rings (SSSR count). The van der Waals surface area contributed by atoms with Gasteiger partial charge in [-0.3, -0.25) is 14.6 Å². The molecular formula is C27H30N4O2. The number of nitrogens with one attached hydrogen (secondary N) is 1. The van der Waals surface area contributed by atoms with Gasteiger partial charge in [-0.15, -0.1) is 0 Å². The molecule has 6 heteroatoms. The van der Waals surface area contributed by atoms with Gasteiger partial charge in [0.25, 0.3) is 5.56 Å². The lowest BCUT2D eigenvalue weighted by Crippen LogP contribution is -2.24. The Bertz CT molecular complexity index is 1320. The summed E-state index contributed by atoms with van der Waals surface area (Å²) in [4.78, 5) is 35.0. The molecule has 1 N–H and O–H groups in total. The van der Waals surface area contributed by atoms with E-state index < -0.39 is 0 Å². The molecule has 170 valence electrons. The summed E-state index contributed by atoms with van der Waals surface area (Å²) in [6, 6.07) is 5.77. The molecule has 1 amide bonds. The summed E-state index contributed by atoms with van der Waals surface area (Å²) < 4.78 is 1.86. The number of fused-ring (bicyclic) bond motifs is 1. The first kappa shape index (κ1) is 21.6. The van der Waals surface area contributed by atoms with Crippen molar-refractivity contribution >= 4 is 28.2 Å². The number of aryl methyl sites for hydroxylation is 1. The van der Waals surface area contributed by atoms with Crippen LogP contribution in [0.25, 0.3) is 27.6 Å². The molecule has 2 aliphatic carbocycles. The van der Waals surface area contributed by atoms with Gasteiger partial charge in [0.1, 0.15) is 5.82 Å². The third kappa shape index (κ3) is 4.47. The monoisotopic (exact) mass is 442 g/mol. The van der Waals surface area contributed by atoms with Crippen molar-refractivity contribution in [2.75, 3.05) is 5.32 Å². The molecule has 3 aromatic rings. The molecule has 3 heterocycles. The van der Waals surface area contributed by atoms with Gasteiger partial charge in [-0.25, -0.2) is 4.98 Å². The Morgan fingerprint density at radius 2 is 1.91 bits per heavy atom. The highest BCUT2D eigenvalue weighted by atomic mass is 16.2. The molecule has 6 nitrogen and oxygen atoms in total. The summed E-state index contributed by atoms with van der Waals surface area (Å²) in [7, 11) is 0. The van der Waals surface area contributed by atoms with E-state index in [9.17, 15) is 9.59 Å². The quantitative estimate of drug-likeness (QED) is 0.511. The Kier molecular flexibility index (Phi) is 5.60. The van der Waals surface area contributed by atoms with E-state index in [1.165, 1.54) is 0 Å². The van der Waals surface area contributed by atoms with Crippen molar-refractivity contribution in [3.63, 3.8) is 0 Å². The Balaban J connectivity index is 1.58. The zero-order chi connectivity index (χ0) is 23.1. The third-order valence-electron chi connectivity index (χ3n) is 6.63. The Morgan fingerprint density at radius 1 is 1.12 bits per heavy atom. The smallest absolute Gasteiger partial charge is 0.258 e. The van der Waals surface area contributed by atoms with Crippen molar-refractivity contribution in [3.8, 4) is 11.1 Å². The molecule has 2 saturated carbocycles. The number of aromatic nitrogens is 3. The highest BCUT2D eigenvalue weighted by Gasteiger charge is 2.30. The van der Waals surface area contributed by atoms with Gasteiger partial charge in [-0.2, -0.15) is 0 Å². The summed E-state index contributed by atoms with van der Waals surface area (Å²) in [5.74, 6) is 1.15. The number of allylic oxidation sites excluding steroid dienone is 1. The minimum atomic E-state index is -0.0231. The predicted molar refractivity (Wildman–Crippen MR) is 132 cm³/mol. The topological polar surface area (TPSA) is 76.9 Å². The van der Waals surface area contributed by atoms with E-state index in [1.54, 1.807) is 12.4 Å². The summed E-state index contributed by atoms with van der Waals surface area (Å²) in [5, 5.41) is 3.79. The molecular weight excluding hydrogens is 412 g/mol. The molecule has 0 spiro atoms. The normalized spacial score (nSPS) is 15.6. The van der Waals surface area contributed by atoms with Crippen LogP contribution in [0.5, 0.6) is 0 Å². The molecule has 3 aromatic heterocycles. The SMILES string of the molecule is C=C(CCC)c1cc(C)c(-c2cc3cnc(NC(=O)C4CC4)cc3n(CC3CC3)c2=O)cn1. The molecule has 2 fully saturated rings. The maximum Gasteiger partial charge on any atom is 0.258 e. The van der Waals surface area contributed by atoms with Crippen LogP contribution in [0.3, 0.4) is 0 Å². The van der Waals surface area contributed by atoms with Crippen LogP contribution < -0.4 is 10.9 Å². The Morgan fingerprint density at radius 3 is 2.58 bits per heavy atom. The molecule has 33 heavy (non-hydrogen) atoms. The number of amides is 1. The van der Waals surface area contributed by atoms with E-state index in [1.807, 2.05) is 29.7 Å². The van der Waals surface area contributed by atoms with Gasteiger partial charge in [-0.05, 0) is 68.2 Å². The van der Waals surface area contributed by atoms with Crippen LogP contribution in [0, 0.1) is 18.8 Å². The first-order valence-electron chi connectivity index (χ1n) is 11.9. The average Bonchev–Trinajstić information content (AvgIpc) is 3.70. The molecule has 0 atom stereocenters. The van der Waals surface area contributed by atoms with Crippen LogP contribution in [-0.4, -0.2) is 20.4 Å². The first-order valence-corrected chi connectivity index (χ1v) is 11.9. The second-order valence-corrected chi connectivity index (χ2v) is 9.55. The lowest BCUT2D eigenvalue weighted by Gasteiger charge is -2.15. The van der Waals surface area contributed by atoms with Crippen molar-refractivity contribution in [1.29, 1.82) is 0 Å². The first-order chi connectivity index (χ1) is 15.9. The lowest BCUT2D eigenvalue weighted by atomic mass is 9.99. The van der Waals surface area contributed by atoms with E-state index in [0.29, 0.717) is 23.8 Å². The number of pyridine rings is 3. The maximum absolute atomic E-state index is 13.7. The fraction of sp³-hybridized carbons (Fsp3) is 0.407. The van der Waals surface area contributed by atoms with Gasteiger partial charge in [0.2, 0.25) is 5.91 Å². The molecule has 0 aromatic carbocycles. The number of nitrogens with zero attached hydrogens (tertiary/aromatic N) is 3. The van der Waals surface area contributed by atoms with Crippen molar-refractivity contribution in [1.82, 2.24) is 14.5 Å². The van der Waals surface area contributed by atoms with Crippen molar-refractivity contribution in [3.05, 3.63) is 58.8 Å². The molecule has 0 unspecified atom stereocenters. The van der Waals surface area contributed by atoms with Crippen LogP contribution in [0.4, 0.5) is 5.82 Å². The molecule has 0 radical (unpaired) electrons. The number of hydrogen-bond donors (Lipinski definition) is 1. The van der Waals surface area contributed by atoms with Crippen molar-refractivity contribution in [2.45, 2.75) is 58.9 Å². The fourth-order valence-corrected chi connectivity index (χ4v) is 4.31. The highest BCUT2D eigenvalue weighted by molar-refractivity contribution is 5.95. The van der Waals surface area contributed by atoms with Crippen LogP contribution in [0.15, 0.2) is 42.0 Å². The standard InChI is InChI=1S/C27H30N4O2/c1-4-5-16(2)23-10-17(3)22(14-28-23)21-11-20-13-29-25(30-26(32)19-8-9-19)12-24(20)31(27(21)33)15-18-6-7-18/h10-14,18-19H,2,4-9,15H2,1,3H3,(H,29,30,32). The molecule has 0 bridgehead atoms. The van der Waals surface area contributed by atoms with Gasteiger partial charge in [0, 0.05) is 47.4 Å². The van der Waals surface area contributed by atoms with E-state index >= 15 is 0 Å². The second kappa shape index (κ2) is 8.58. The Hall–Kier alpha value is -3.28. The molecule has 0 saturated heterocycles. The van der Waals surface area contributed by atoms with Crippen molar-refractivity contribution < 1.29 is 4.79 Å². The number of hydrogen-bond acceptors (Lipinski definition) is 4. The molecule has 2 aliphatic rings. The summed E-state index contributed by atoms with van der Waals surface area (Å²) in [6.07, 6.45) is 9.64. The van der Waals surface area contributed by atoms with E-state index in [4.69, 9.17) is 0 Å². The van der Waals surface area contributed by atoms with E-state index in [-0.39, 0.29) is 17.4 Å². The summed E-state index contributed by atoms with van der Waals surface area (Å²) in [5.41, 5.74) is 5.17. The van der Waals surface area contributed by atoms with Crippen molar-refractivity contribution in [2.24, 2.45) is 11.8 Å². The number of carbonyl (C=O) groups is 1. The minimum absolute atomic E-state index is 0.0148. The van der Waals surface area contributed by atoms with Gasteiger partial charge >= 0.3 is 0 Å². The number of carbonyl (C=O) groups excluding carboxylic acids is 1. The predicted octanol–water partition coefficient (Wildman–Crippen LogP) is 5.34.